The Morgan fingerprint density at radius 3 is 2.00 bits per heavy atom. The van der Waals surface area contributed by atoms with Gasteiger partial charge in [0.1, 0.15) is 0 Å². The minimum Gasteiger partial charge on any atom is -0.370 e. The molecule has 0 N–H and O–H groups in total. The summed E-state index contributed by atoms with van der Waals surface area (Å²) in [6.45, 7) is 0.771. The first-order valence-electron chi connectivity index (χ1n) is 8.37. The van der Waals surface area contributed by atoms with E-state index in [9.17, 15) is 26.3 Å². The van der Waals surface area contributed by atoms with Crippen LogP contribution in [0, 0.1) is 0 Å². The Morgan fingerprint density at radius 1 is 0.893 bits per heavy atom. The van der Waals surface area contributed by atoms with Crippen LogP contribution in [0.5, 0.6) is 0 Å². The van der Waals surface area contributed by atoms with Crippen LogP contribution in [0.2, 0.25) is 0 Å². The fourth-order valence-corrected chi connectivity index (χ4v) is 2.94. The molecule has 2 aromatic rings. The van der Waals surface area contributed by atoms with Gasteiger partial charge in [-0.2, -0.15) is 26.3 Å². The lowest BCUT2D eigenvalue weighted by Crippen LogP contribution is -2.19. The van der Waals surface area contributed by atoms with Crippen LogP contribution in [0.25, 0.3) is 0 Å². The first-order valence-corrected chi connectivity index (χ1v) is 8.37. The summed E-state index contributed by atoms with van der Waals surface area (Å²) in [5, 5.41) is 0. The fraction of sp³-hybridized carbons (Fsp3) is 0.368. The Labute approximate surface area is 157 Å². The Morgan fingerprint density at radius 2 is 1.46 bits per heavy atom. The number of nitrogens with zero attached hydrogens (tertiary/aromatic N) is 1. The van der Waals surface area contributed by atoms with Crippen LogP contribution in [0.1, 0.15) is 28.5 Å². The van der Waals surface area contributed by atoms with E-state index in [1.807, 2.05) is 0 Å². The Hall–Kier alpha value is -2.26. The lowest BCUT2D eigenvalue weighted by atomic mass is 10.0. The number of hydrogen-bond donors (Lipinski definition) is 0. The van der Waals surface area contributed by atoms with E-state index < -0.39 is 29.8 Å². The monoisotopic (exact) mass is 405 g/mol. The van der Waals surface area contributed by atoms with Crippen molar-refractivity contribution in [3.8, 4) is 0 Å². The molecule has 0 amide bonds. The molecule has 3 nitrogen and oxygen atoms in total. The lowest BCUT2D eigenvalue weighted by molar-refractivity contribution is -0.143. The summed E-state index contributed by atoms with van der Waals surface area (Å²) in [5.41, 5.74) is -1.41. The van der Waals surface area contributed by atoms with Gasteiger partial charge in [-0.1, -0.05) is 12.1 Å². The molecular weight excluding hydrogens is 388 g/mol. The van der Waals surface area contributed by atoms with Crippen molar-refractivity contribution >= 4 is 5.69 Å². The molecule has 0 aromatic heterocycles. The van der Waals surface area contributed by atoms with Crippen molar-refractivity contribution in [2.45, 2.75) is 25.2 Å². The quantitative estimate of drug-likeness (QED) is 0.636. The molecule has 1 heterocycles. The average molecular weight is 405 g/mol. The highest BCUT2D eigenvalue weighted by Crippen LogP contribution is 2.37. The van der Waals surface area contributed by atoms with Crippen molar-refractivity contribution in [2.24, 2.45) is 0 Å². The third kappa shape index (κ3) is 4.77. The number of halogens is 6. The average Bonchev–Trinajstić information content (AvgIpc) is 3.15. The van der Waals surface area contributed by atoms with Gasteiger partial charge in [-0.25, -0.2) is 0 Å². The van der Waals surface area contributed by atoms with E-state index in [0.29, 0.717) is 18.9 Å². The second-order valence-electron chi connectivity index (χ2n) is 6.44. The maximum absolute atomic E-state index is 13.0. The van der Waals surface area contributed by atoms with Crippen molar-refractivity contribution < 1.29 is 35.8 Å². The van der Waals surface area contributed by atoms with Crippen LogP contribution in [0.3, 0.4) is 0 Å². The van der Waals surface area contributed by atoms with Gasteiger partial charge in [0.05, 0.1) is 24.3 Å². The molecule has 1 aliphatic heterocycles. The molecule has 0 saturated carbocycles. The van der Waals surface area contributed by atoms with Gasteiger partial charge >= 0.3 is 12.4 Å². The largest absolute Gasteiger partial charge is 0.416 e. The summed E-state index contributed by atoms with van der Waals surface area (Å²) >= 11 is 0. The summed E-state index contributed by atoms with van der Waals surface area (Å²) in [6, 6.07) is 8.53. The van der Waals surface area contributed by atoms with E-state index in [4.69, 9.17) is 9.47 Å². The van der Waals surface area contributed by atoms with Gasteiger partial charge < -0.3 is 14.4 Å². The first-order chi connectivity index (χ1) is 13.0. The number of benzene rings is 2. The Balaban J connectivity index is 1.87. The minimum absolute atomic E-state index is 0.0941. The van der Waals surface area contributed by atoms with Gasteiger partial charge in [-0.05, 0) is 35.9 Å². The molecule has 3 rings (SSSR count). The molecule has 0 radical (unpaired) electrons. The van der Waals surface area contributed by atoms with Crippen LogP contribution in [0.15, 0.2) is 42.5 Å². The smallest absolute Gasteiger partial charge is 0.370 e. The standard InChI is InChI=1S/C19H17F6NO2/c1-26(16-4-2-3-13(9-16)17-27-5-6-28-17)11-12-7-14(18(20,21)22)10-15(8-12)19(23,24)25/h2-4,7-10,17H,5-6,11H2,1H3. The van der Waals surface area contributed by atoms with Gasteiger partial charge in [0.25, 0.3) is 0 Å². The van der Waals surface area contributed by atoms with E-state index in [2.05, 4.69) is 0 Å². The zero-order chi connectivity index (χ0) is 20.5. The van der Waals surface area contributed by atoms with Crippen LogP contribution < -0.4 is 4.90 Å². The van der Waals surface area contributed by atoms with E-state index in [0.717, 1.165) is 17.7 Å². The van der Waals surface area contributed by atoms with Gasteiger partial charge in [0.2, 0.25) is 0 Å². The molecule has 0 unspecified atom stereocenters. The predicted molar refractivity (Wildman–Crippen MR) is 89.6 cm³/mol. The number of alkyl halides is 6. The number of hydrogen-bond acceptors (Lipinski definition) is 3. The van der Waals surface area contributed by atoms with Gasteiger partial charge in [0, 0.05) is 24.8 Å². The van der Waals surface area contributed by atoms with Crippen molar-refractivity contribution in [1.29, 1.82) is 0 Å². The van der Waals surface area contributed by atoms with Crippen LogP contribution in [-0.2, 0) is 28.4 Å². The maximum Gasteiger partial charge on any atom is 0.416 e. The van der Waals surface area contributed by atoms with Crippen molar-refractivity contribution in [3.63, 3.8) is 0 Å². The second-order valence-corrected chi connectivity index (χ2v) is 6.44. The van der Waals surface area contributed by atoms with Gasteiger partial charge in [0.15, 0.2) is 6.29 Å². The van der Waals surface area contributed by atoms with Gasteiger partial charge in [-0.15, -0.1) is 0 Å². The van der Waals surface area contributed by atoms with E-state index >= 15 is 0 Å². The Kier molecular flexibility index (Phi) is 5.58. The second kappa shape index (κ2) is 7.63. The van der Waals surface area contributed by atoms with E-state index in [1.54, 1.807) is 36.2 Å². The molecule has 0 atom stereocenters. The van der Waals surface area contributed by atoms with Crippen LogP contribution >= 0.6 is 0 Å². The molecule has 0 aliphatic carbocycles. The number of rotatable bonds is 4. The molecule has 0 spiro atoms. The molecule has 1 aliphatic rings. The molecule has 1 fully saturated rings. The number of ether oxygens (including phenoxy) is 2. The third-order valence-corrected chi connectivity index (χ3v) is 4.27. The summed E-state index contributed by atoms with van der Waals surface area (Å²) in [4.78, 5) is 1.56. The fourth-order valence-electron chi connectivity index (χ4n) is 2.94. The van der Waals surface area contributed by atoms with E-state index in [1.165, 1.54) is 0 Å². The molecular formula is C19H17F6NO2. The van der Waals surface area contributed by atoms with Crippen LogP contribution in [-0.4, -0.2) is 20.3 Å². The zero-order valence-corrected chi connectivity index (χ0v) is 14.8. The van der Waals surface area contributed by atoms with Crippen molar-refractivity contribution in [1.82, 2.24) is 0 Å². The molecule has 9 heteroatoms. The van der Waals surface area contributed by atoms with Crippen LogP contribution in [0.4, 0.5) is 32.0 Å². The van der Waals surface area contributed by atoms with Crippen molar-refractivity contribution in [3.05, 3.63) is 64.7 Å². The van der Waals surface area contributed by atoms with Crippen molar-refractivity contribution in [2.75, 3.05) is 25.2 Å². The zero-order valence-electron chi connectivity index (χ0n) is 14.8. The summed E-state index contributed by atoms with van der Waals surface area (Å²) in [7, 11) is 1.59. The maximum atomic E-state index is 13.0. The normalized spacial score (nSPS) is 15.8. The molecule has 0 bridgehead atoms. The molecule has 152 valence electrons. The van der Waals surface area contributed by atoms with E-state index in [-0.39, 0.29) is 18.2 Å². The predicted octanol–water partition coefficient (Wildman–Crippen LogP) is 5.41. The summed E-state index contributed by atoms with van der Waals surface area (Å²) in [6.07, 6.45) is -10.3. The number of anilines is 1. The highest BCUT2D eigenvalue weighted by atomic mass is 19.4. The summed E-state index contributed by atoms with van der Waals surface area (Å²) in [5.74, 6) is 0. The highest BCUT2D eigenvalue weighted by Gasteiger charge is 2.37. The highest BCUT2D eigenvalue weighted by molar-refractivity contribution is 5.49. The third-order valence-electron chi connectivity index (χ3n) is 4.27. The SMILES string of the molecule is CN(Cc1cc(C(F)(F)F)cc(C(F)(F)F)c1)c1cccc(C2OCCO2)c1. The topological polar surface area (TPSA) is 21.7 Å². The molecule has 2 aromatic carbocycles. The lowest BCUT2D eigenvalue weighted by Gasteiger charge is -2.22. The molecule has 28 heavy (non-hydrogen) atoms. The first kappa shape index (κ1) is 20.5. The minimum atomic E-state index is -4.87. The van der Waals surface area contributed by atoms with Gasteiger partial charge in [-0.3, -0.25) is 0 Å². The Bertz CT molecular complexity index is 796. The summed E-state index contributed by atoms with van der Waals surface area (Å²) < 4.78 is 88.9. The molecule has 1 saturated heterocycles.